The monoisotopic (exact) mass is 403 g/mol. The van der Waals surface area contributed by atoms with Crippen LogP contribution in [-0.4, -0.2) is 11.2 Å². The van der Waals surface area contributed by atoms with E-state index in [-0.39, 0.29) is 5.91 Å². The first-order chi connectivity index (χ1) is 9.99. The molecular formula is C15H12BrCl2NOS. The summed E-state index contributed by atoms with van der Waals surface area (Å²) in [6, 6.07) is 13.1. The zero-order valence-electron chi connectivity index (χ0n) is 10.8. The molecule has 0 saturated carbocycles. The van der Waals surface area contributed by atoms with Crippen LogP contribution in [0.15, 0.2) is 46.9 Å². The van der Waals surface area contributed by atoms with Gasteiger partial charge in [0.2, 0.25) is 5.91 Å². The lowest BCUT2D eigenvalue weighted by Crippen LogP contribution is -2.25. The summed E-state index contributed by atoms with van der Waals surface area (Å²) >= 11 is 19.8. The number of amides is 1. The Kier molecular flexibility index (Phi) is 5.99. The largest absolute Gasteiger partial charge is 0.324 e. The number of hydrogen-bond donors (Lipinski definition) is 2. The van der Waals surface area contributed by atoms with E-state index in [1.54, 1.807) is 12.1 Å². The van der Waals surface area contributed by atoms with Crippen molar-refractivity contribution >= 4 is 63.4 Å². The SMILES string of the molecule is O=C(Nc1ccc(Br)c(Cl)c1Cl)C(S)Cc1ccccc1. The van der Waals surface area contributed by atoms with Gasteiger partial charge in [0.1, 0.15) is 0 Å². The predicted molar refractivity (Wildman–Crippen MR) is 95.7 cm³/mol. The molecule has 0 aromatic heterocycles. The van der Waals surface area contributed by atoms with Crippen molar-refractivity contribution in [2.75, 3.05) is 5.32 Å². The van der Waals surface area contributed by atoms with E-state index in [4.69, 9.17) is 23.2 Å². The van der Waals surface area contributed by atoms with Crippen molar-refractivity contribution in [1.29, 1.82) is 0 Å². The quantitative estimate of drug-likeness (QED) is 0.529. The third-order valence-corrected chi connectivity index (χ3v) is 5.06. The Balaban J connectivity index is 2.06. The van der Waals surface area contributed by atoms with Gasteiger partial charge in [0.05, 0.1) is 21.0 Å². The number of anilines is 1. The van der Waals surface area contributed by atoms with Crippen LogP contribution in [0, 0.1) is 0 Å². The molecule has 0 fully saturated rings. The van der Waals surface area contributed by atoms with Gasteiger partial charge in [0, 0.05) is 4.47 Å². The van der Waals surface area contributed by atoms with Crippen LogP contribution in [0.5, 0.6) is 0 Å². The predicted octanol–water partition coefficient (Wildman–Crippen LogP) is 5.24. The third-order valence-electron chi connectivity index (χ3n) is 2.87. The van der Waals surface area contributed by atoms with Crippen LogP contribution in [0.25, 0.3) is 0 Å². The zero-order chi connectivity index (χ0) is 15.4. The normalized spacial score (nSPS) is 12.0. The fourth-order valence-electron chi connectivity index (χ4n) is 1.77. The second-order valence-electron chi connectivity index (χ2n) is 4.42. The Morgan fingerprint density at radius 3 is 2.48 bits per heavy atom. The highest BCUT2D eigenvalue weighted by molar-refractivity contribution is 9.10. The highest BCUT2D eigenvalue weighted by atomic mass is 79.9. The van der Waals surface area contributed by atoms with E-state index in [1.165, 1.54) is 0 Å². The van der Waals surface area contributed by atoms with Crippen LogP contribution in [0.4, 0.5) is 5.69 Å². The summed E-state index contributed by atoms with van der Waals surface area (Å²) in [6.45, 7) is 0. The molecule has 2 aromatic carbocycles. The van der Waals surface area contributed by atoms with E-state index >= 15 is 0 Å². The van der Waals surface area contributed by atoms with Crippen molar-refractivity contribution in [2.24, 2.45) is 0 Å². The minimum Gasteiger partial charge on any atom is -0.324 e. The van der Waals surface area contributed by atoms with Crippen LogP contribution in [0.3, 0.4) is 0 Å². The molecule has 0 bridgehead atoms. The lowest BCUT2D eigenvalue weighted by Gasteiger charge is -2.13. The number of nitrogens with one attached hydrogen (secondary N) is 1. The molecule has 1 unspecified atom stereocenters. The van der Waals surface area contributed by atoms with Crippen LogP contribution in [-0.2, 0) is 11.2 Å². The maximum Gasteiger partial charge on any atom is 0.237 e. The van der Waals surface area contributed by atoms with Gasteiger partial charge in [-0.05, 0) is 40.0 Å². The van der Waals surface area contributed by atoms with E-state index in [0.29, 0.717) is 26.6 Å². The van der Waals surface area contributed by atoms with Crippen LogP contribution in [0.1, 0.15) is 5.56 Å². The molecule has 0 radical (unpaired) electrons. The second-order valence-corrected chi connectivity index (χ2v) is 6.65. The molecule has 2 rings (SSSR count). The van der Waals surface area contributed by atoms with E-state index in [1.807, 2.05) is 30.3 Å². The van der Waals surface area contributed by atoms with Gasteiger partial charge in [-0.15, -0.1) is 0 Å². The van der Waals surface area contributed by atoms with Crippen molar-refractivity contribution in [1.82, 2.24) is 0 Å². The topological polar surface area (TPSA) is 29.1 Å². The fourth-order valence-corrected chi connectivity index (χ4v) is 2.87. The van der Waals surface area contributed by atoms with Crippen molar-refractivity contribution < 1.29 is 4.79 Å². The number of benzene rings is 2. The van der Waals surface area contributed by atoms with Crippen molar-refractivity contribution in [3.8, 4) is 0 Å². The van der Waals surface area contributed by atoms with Crippen LogP contribution < -0.4 is 5.32 Å². The molecule has 1 amide bonds. The zero-order valence-corrected chi connectivity index (χ0v) is 14.8. The maximum atomic E-state index is 12.2. The van der Waals surface area contributed by atoms with E-state index in [0.717, 1.165) is 5.56 Å². The van der Waals surface area contributed by atoms with Gasteiger partial charge in [-0.25, -0.2) is 0 Å². The summed E-state index contributed by atoms with van der Waals surface area (Å²) in [5.41, 5.74) is 1.52. The number of hydrogen-bond acceptors (Lipinski definition) is 2. The lowest BCUT2D eigenvalue weighted by molar-refractivity contribution is -0.115. The molecule has 6 heteroatoms. The van der Waals surface area contributed by atoms with Gasteiger partial charge < -0.3 is 5.32 Å². The summed E-state index contributed by atoms with van der Waals surface area (Å²) in [5.74, 6) is -0.220. The molecule has 1 atom stereocenters. The standard InChI is InChI=1S/C15H12BrCl2NOS/c16-10-6-7-11(14(18)13(10)17)19-15(20)12(21)8-9-4-2-1-3-5-9/h1-7,12,21H,8H2,(H,19,20). The Morgan fingerprint density at radius 2 is 1.81 bits per heavy atom. The average Bonchev–Trinajstić information content (AvgIpc) is 2.48. The molecule has 1 N–H and O–H groups in total. The Bertz CT molecular complexity index is 652. The molecular weight excluding hydrogens is 393 g/mol. The highest BCUT2D eigenvalue weighted by Crippen LogP contribution is 2.35. The average molecular weight is 405 g/mol. The molecule has 0 aliphatic carbocycles. The van der Waals surface area contributed by atoms with Gasteiger partial charge >= 0.3 is 0 Å². The molecule has 21 heavy (non-hydrogen) atoms. The van der Waals surface area contributed by atoms with Gasteiger partial charge in [-0.2, -0.15) is 12.6 Å². The van der Waals surface area contributed by atoms with Gasteiger partial charge in [-0.3, -0.25) is 4.79 Å². The van der Waals surface area contributed by atoms with Crippen molar-refractivity contribution in [3.05, 3.63) is 62.5 Å². The number of halogens is 3. The van der Waals surface area contributed by atoms with Gasteiger partial charge in [-0.1, -0.05) is 53.5 Å². The first-order valence-electron chi connectivity index (χ1n) is 6.15. The minimum absolute atomic E-state index is 0.220. The number of carbonyl (C=O) groups excluding carboxylic acids is 1. The molecule has 0 aliphatic rings. The highest BCUT2D eigenvalue weighted by Gasteiger charge is 2.17. The molecule has 0 heterocycles. The Hall–Kier alpha value is -0.680. The van der Waals surface area contributed by atoms with E-state index in [2.05, 4.69) is 33.9 Å². The molecule has 2 aromatic rings. The summed E-state index contributed by atoms with van der Waals surface area (Å²) < 4.78 is 0.680. The van der Waals surface area contributed by atoms with Crippen molar-refractivity contribution in [3.63, 3.8) is 0 Å². The lowest BCUT2D eigenvalue weighted by atomic mass is 10.1. The first-order valence-corrected chi connectivity index (χ1v) is 8.22. The minimum atomic E-state index is -0.467. The summed E-state index contributed by atoms with van der Waals surface area (Å²) in [6.07, 6.45) is 0.539. The Labute approximate surface area is 147 Å². The number of thiol groups is 1. The second kappa shape index (κ2) is 7.54. The van der Waals surface area contributed by atoms with Gasteiger partial charge in [0.15, 0.2) is 0 Å². The molecule has 0 aliphatic heterocycles. The van der Waals surface area contributed by atoms with Crippen LogP contribution in [0.2, 0.25) is 10.0 Å². The number of rotatable bonds is 4. The maximum absolute atomic E-state index is 12.2. The smallest absolute Gasteiger partial charge is 0.237 e. The van der Waals surface area contributed by atoms with E-state index in [9.17, 15) is 4.79 Å². The van der Waals surface area contributed by atoms with Crippen molar-refractivity contribution in [2.45, 2.75) is 11.7 Å². The Morgan fingerprint density at radius 1 is 1.14 bits per heavy atom. The fraction of sp³-hybridized carbons (Fsp3) is 0.133. The summed E-state index contributed by atoms with van der Waals surface area (Å²) in [4.78, 5) is 12.2. The third kappa shape index (κ3) is 4.39. The summed E-state index contributed by atoms with van der Waals surface area (Å²) in [5, 5.41) is 2.95. The molecule has 2 nitrogen and oxygen atoms in total. The van der Waals surface area contributed by atoms with Gasteiger partial charge in [0.25, 0.3) is 0 Å². The first kappa shape index (κ1) is 16.7. The molecule has 0 spiro atoms. The molecule has 0 saturated heterocycles. The number of carbonyl (C=O) groups is 1. The van der Waals surface area contributed by atoms with Crippen LogP contribution >= 0.6 is 51.8 Å². The molecule has 110 valence electrons. The summed E-state index contributed by atoms with van der Waals surface area (Å²) in [7, 11) is 0. The van der Waals surface area contributed by atoms with E-state index < -0.39 is 5.25 Å².